The van der Waals surface area contributed by atoms with Crippen molar-refractivity contribution >= 4 is 5.91 Å². The lowest BCUT2D eigenvalue weighted by Gasteiger charge is -2.02. The summed E-state index contributed by atoms with van der Waals surface area (Å²) in [5, 5.41) is 9.16. The molecule has 1 heterocycles. The highest BCUT2D eigenvalue weighted by molar-refractivity contribution is 5.75. The van der Waals surface area contributed by atoms with Crippen molar-refractivity contribution in [1.29, 1.82) is 0 Å². The van der Waals surface area contributed by atoms with E-state index in [2.05, 4.69) is 20.5 Å². The molecule has 0 spiro atoms. The lowest BCUT2D eigenvalue weighted by Crippen LogP contribution is -2.22. The standard InChI is InChI=1S/C10H19N5O/c11-6-4-2-1-3-5-10(16)12-7-9-13-8-14-15-9/h8H,1-7,11H2,(H,12,16)(H,13,14,15). The molecule has 90 valence electrons. The molecule has 0 aliphatic rings. The van der Waals surface area contributed by atoms with Crippen LogP contribution in [-0.4, -0.2) is 27.6 Å². The van der Waals surface area contributed by atoms with Crippen molar-refractivity contribution in [2.45, 2.75) is 38.6 Å². The van der Waals surface area contributed by atoms with E-state index in [9.17, 15) is 4.79 Å². The van der Waals surface area contributed by atoms with Crippen molar-refractivity contribution in [1.82, 2.24) is 20.5 Å². The van der Waals surface area contributed by atoms with Gasteiger partial charge in [0.25, 0.3) is 0 Å². The van der Waals surface area contributed by atoms with Crippen LogP contribution in [0.3, 0.4) is 0 Å². The summed E-state index contributed by atoms with van der Waals surface area (Å²) < 4.78 is 0. The summed E-state index contributed by atoms with van der Waals surface area (Å²) in [6, 6.07) is 0. The van der Waals surface area contributed by atoms with Gasteiger partial charge in [-0.15, -0.1) is 0 Å². The fourth-order valence-electron chi connectivity index (χ4n) is 1.37. The molecule has 1 rings (SSSR count). The average Bonchev–Trinajstić information content (AvgIpc) is 2.79. The van der Waals surface area contributed by atoms with Crippen LogP contribution < -0.4 is 11.1 Å². The fraction of sp³-hybridized carbons (Fsp3) is 0.700. The lowest BCUT2D eigenvalue weighted by atomic mass is 10.1. The molecule has 1 aromatic heterocycles. The maximum atomic E-state index is 11.4. The molecule has 0 bridgehead atoms. The summed E-state index contributed by atoms with van der Waals surface area (Å²) in [7, 11) is 0. The van der Waals surface area contributed by atoms with Crippen LogP contribution in [0.15, 0.2) is 6.33 Å². The second-order valence-electron chi connectivity index (χ2n) is 3.66. The SMILES string of the molecule is NCCCCCCC(=O)NCc1ncn[nH]1. The zero-order valence-corrected chi connectivity index (χ0v) is 9.41. The number of hydrogen-bond donors (Lipinski definition) is 3. The summed E-state index contributed by atoms with van der Waals surface area (Å²) in [6.45, 7) is 1.15. The number of nitrogens with zero attached hydrogens (tertiary/aromatic N) is 2. The summed E-state index contributed by atoms with van der Waals surface area (Å²) in [5.41, 5.74) is 5.38. The van der Waals surface area contributed by atoms with Crippen LogP contribution in [0, 0.1) is 0 Å². The summed E-state index contributed by atoms with van der Waals surface area (Å²) in [6.07, 6.45) is 6.12. The van der Waals surface area contributed by atoms with Crippen molar-refractivity contribution in [2.75, 3.05) is 6.54 Å². The zero-order chi connectivity index (χ0) is 11.6. The van der Waals surface area contributed by atoms with E-state index in [4.69, 9.17) is 5.73 Å². The van der Waals surface area contributed by atoms with E-state index >= 15 is 0 Å². The largest absolute Gasteiger partial charge is 0.349 e. The Balaban J connectivity index is 1.99. The van der Waals surface area contributed by atoms with Crippen LogP contribution in [0.1, 0.15) is 37.9 Å². The topological polar surface area (TPSA) is 96.7 Å². The molecule has 0 unspecified atom stereocenters. The van der Waals surface area contributed by atoms with Crippen LogP contribution >= 0.6 is 0 Å². The maximum absolute atomic E-state index is 11.4. The highest BCUT2D eigenvalue weighted by atomic mass is 16.1. The normalized spacial score (nSPS) is 10.3. The number of nitrogens with two attached hydrogens (primary N) is 1. The molecule has 1 aromatic rings. The zero-order valence-electron chi connectivity index (χ0n) is 9.41. The molecule has 0 fully saturated rings. The molecule has 0 radical (unpaired) electrons. The number of rotatable bonds is 8. The van der Waals surface area contributed by atoms with Gasteiger partial charge in [0.15, 0.2) is 0 Å². The highest BCUT2D eigenvalue weighted by Gasteiger charge is 2.02. The predicted molar refractivity (Wildman–Crippen MR) is 60.4 cm³/mol. The Morgan fingerprint density at radius 3 is 2.88 bits per heavy atom. The predicted octanol–water partition coefficient (Wildman–Crippen LogP) is 0.330. The van der Waals surface area contributed by atoms with E-state index in [0.717, 1.165) is 32.2 Å². The van der Waals surface area contributed by atoms with Crippen LogP contribution in [0.25, 0.3) is 0 Å². The van der Waals surface area contributed by atoms with Crippen LogP contribution in [0.5, 0.6) is 0 Å². The second-order valence-corrected chi connectivity index (χ2v) is 3.66. The molecule has 1 amide bonds. The summed E-state index contributed by atoms with van der Waals surface area (Å²) >= 11 is 0. The number of aromatic amines is 1. The molecule has 0 saturated heterocycles. The van der Waals surface area contributed by atoms with Gasteiger partial charge in [0, 0.05) is 6.42 Å². The molecule has 0 saturated carbocycles. The Morgan fingerprint density at radius 1 is 1.38 bits per heavy atom. The van der Waals surface area contributed by atoms with Crippen LogP contribution in [-0.2, 0) is 11.3 Å². The fourth-order valence-corrected chi connectivity index (χ4v) is 1.37. The third kappa shape index (κ3) is 5.45. The van der Waals surface area contributed by atoms with E-state index in [1.54, 1.807) is 0 Å². The first-order valence-electron chi connectivity index (χ1n) is 5.64. The Kier molecular flexibility index (Phi) is 6.17. The molecule has 0 aliphatic heterocycles. The van der Waals surface area contributed by atoms with Gasteiger partial charge < -0.3 is 11.1 Å². The first-order chi connectivity index (χ1) is 7.83. The van der Waals surface area contributed by atoms with E-state index in [-0.39, 0.29) is 5.91 Å². The maximum Gasteiger partial charge on any atom is 0.220 e. The van der Waals surface area contributed by atoms with Crippen molar-refractivity contribution in [2.24, 2.45) is 5.73 Å². The third-order valence-corrected chi connectivity index (χ3v) is 2.28. The second kappa shape index (κ2) is 7.81. The number of amides is 1. The van der Waals surface area contributed by atoms with Gasteiger partial charge in [-0.1, -0.05) is 12.8 Å². The number of hydrogen-bond acceptors (Lipinski definition) is 4. The van der Waals surface area contributed by atoms with Crippen molar-refractivity contribution in [3.63, 3.8) is 0 Å². The number of unbranched alkanes of at least 4 members (excludes halogenated alkanes) is 3. The lowest BCUT2D eigenvalue weighted by molar-refractivity contribution is -0.121. The Labute approximate surface area is 95.0 Å². The molecule has 0 aromatic carbocycles. The minimum absolute atomic E-state index is 0.0594. The molecule has 16 heavy (non-hydrogen) atoms. The molecular formula is C10H19N5O. The minimum Gasteiger partial charge on any atom is -0.349 e. The van der Waals surface area contributed by atoms with Gasteiger partial charge in [-0.3, -0.25) is 9.89 Å². The number of carbonyl (C=O) groups is 1. The van der Waals surface area contributed by atoms with Crippen molar-refractivity contribution < 1.29 is 4.79 Å². The Morgan fingerprint density at radius 2 is 2.19 bits per heavy atom. The molecule has 6 nitrogen and oxygen atoms in total. The van der Waals surface area contributed by atoms with E-state index in [1.165, 1.54) is 6.33 Å². The van der Waals surface area contributed by atoms with Crippen LogP contribution in [0.4, 0.5) is 0 Å². The molecule has 4 N–H and O–H groups in total. The Bertz CT molecular complexity index is 285. The van der Waals surface area contributed by atoms with Gasteiger partial charge in [-0.05, 0) is 19.4 Å². The highest BCUT2D eigenvalue weighted by Crippen LogP contribution is 2.02. The third-order valence-electron chi connectivity index (χ3n) is 2.28. The average molecular weight is 225 g/mol. The van der Waals surface area contributed by atoms with Gasteiger partial charge >= 0.3 is 0 Å². The number of aromatic nitrogens is 3. The molecule has 0 aliphatic carbocycles. The van der Waals surface area contributed by atoms with Crippen molar-refractivity contribution in [3.8, 4) is 0 Å². The van der Waals surface area contributed by atoms with Gasteiger partial charge in [0.2, 0.25) is 5.91 Å². The van der Waals surface area contributed by atoms with Gasteiger partial charge in [-0.2, -0.15) is 5.10 Å². The molecule has 0 atom stereocenters. The number of H-pyrrole nitrogens is 1. The number of nitrogens with one attached hydrogen (secondary N) is 2. The summed E-state index contributed by atoms with van der Waals surface area (Å²) in [4.78, 5) is 15.3. The summed E-state index contributed by atoms with van der Waals surface area (Å²) in [5.74, 6) is 0.737. The van der Waals surface area contributed by atoms with E-state index in [1.807, 2.05) is 0 Å². The number of carbonyl (C=O) groups excluding carboxylic acids is 1. The Hall–Kier alpha value is -1.43. The van der Waals surface area contributed by atoms with Gasteiger partial charge in [-0.25, -0.2) is 4.98 Å². The monoisotopic (exact) mass is 225 g/mol. The smallest absolute Gasteiger partial charge is 0.220 e. The van der Waals surface area contributed by atoms with Crippen molar-refractivity contribution in [3.05, 3.63) is 12.2 Å². The first kappa shape index (κ1) is 12.6. The first-order valence-corrected chi connectivity index (χ1v) is 5.64. The van der Waals surface area contributed by atoms with E-state index < -0.39 is 0 Å². The quantitative estimate of drug-likeness (QED) is 0.555. The van der Waals surface area contributed by atoms with Gasteiger partial charge in [0.1, 0.15) is 12.2 Å². The minimum atomic E-state index is 0.0594. The van der Waals surface area contributed by atoms with Crippen LogP contribution in [0.2, 0.25) is 0 Å². The molecular weight excluding hydrogens is 206 g/mol. The van der Waals surface area contributed by atoms with E-state index in [0.29, 0.717) is 18.8 Å². The molecule has 6 heteroatoms. The van der Waals surface area contributed by atoms with Gasteiger partial charge in [0.05, 0.1) is 6.54 Å².